The molecule has 0 radical (unpaired) electrons. The number of fused-ring (bicyclic) bond motifs is 1. The van der Waals surface area contributed by atoms with Crippen LogP contribution in [0.1, 0.15) is 26.5 Å². The molecule has 0 bridgehead atoms. The predicted molar refractivity (Wildman–Crippen MR) is 122 cm³/mol. The zero-order valence-electron chi connectivity index (χ0n) is 20.1. The Morgan fingerprint density at radius 1 is 1.33 bits per heavy atom. The lowest BCUT2D eigenvalue weighted by atomic mass is 9.92. The molecule has 16 heteroatoms. The van der Waals surface area contributed by atoms with Gasteiger partial charge in [0.25, 0.3) is 0 Å². The molecule has 36 heavy (non-hydrogen) atoms. The van der Waals surface area contributed by atoms with Crippen LogP contribution in [0.4, 0.5) is 4.79 Å². The SMILES string of the molecule is CN=C[C@@]1(c2ccc3c(=N)n(COP(=O)(O)O)cnn23)O[C@H](COC(=O)OCC(C)(C)C)[C@@H](O)[C@H]1O. The second-order valence-corrected chi connectivity index (χ2v) is 10.6. The number of carbonyl (C=O) groups is 1. The van der Waals surface area contributed by atoms with Gasteiger partial charge in [-0.3, -0.25) is 19.5 Å². The summed E-state index contributed by atoms with van der Waals surface area (Å²) < 4.78 is 33.8. The van der Waals surface area contributed by atoms with Crippen molar-refractivity contribution in [2.75, 3.05) is 20.3 Å². The number of nitrogens with zero attached hydrogens (tertiary/aromatic N) is 4. The van der Waals surface area contributed by atoms with Crippen molar-refractivity contribution in [2.45, 2.75) is 51.4 Å². The lowest BCUT2D eigenvalue weighted by molar-refractivity contribution is -0.0651. The fraction of sp³-hybridized carbons (Fsp3) is 0.600. The summed E-state index contributed by atoms with van der Waals surface area (Å²) in [5, 5.41) is 34.2. The maximum atomic E-state index is 11.9. The Balaban J connectivity index is 1.87. The molecule has 3 rings (SSSR count). The molecular weight excluding hydrogens is 501 g/mol. The highest BCUT2D eigenvalue weighted by Gasteiger charge is 2.56. The molecule has 200 valence electrons. The first-order valence-electron chi connectivity index (χ1n) is 10.8. The van der Waals surface area contributed by atoms with E-state index in [0.717, 1.165) is 10.9 Å². The summed E-state index contributed by atoms with van der Waals surface area (Å²) in [6.45, 7) is 4.71. The van der Waals surface area contributed by atoms with Gasteiger partial charge < -0.3 is 34.2 Å². The van der Waals surface area contributed by atoms with E-state index in [0.29, 0.717) is 0 Å². The van der Waals surface area contributed by atoms with Crippen LogP contribution in [0.2, 0.25) is 0 Å². The molecule has 2 aromatic heterocycles. The molecule has 2 aromatic rings. The molecule has 0 amide bonds. The predicted octanol–water partition coefficient (Wildman–Crippen LogP) is -0.102. The summed E-state index contributed by atoms with van der Waals surface area (Å²) in [6, 6.07) is 2.97. The minimum Gasteiger partial charge on any atom is -0.434 e. The van der Waals surface area contributed by atoms with Crippen LogP contribution in [0, 0.1) is 10.8 Å². The van der Waals surface area contributed by atoms with Crippen LogP contribution in [0.25, 0.3) is 5.52 Å². The first kappa shape index (κ1) is 27.9. The third-order valence-corrected chi connectivity index (χ3v) is 5.71. The van der Waals surface area contributed by atoms with Crippen molar-refractivity contribution in [3.8, 4) is 0 Å². The highest BCUT2D eigenvalue weighted by molar-refractivity contribution is 7.46. The molecule has 4 atom stereocenters. The monoisotopic (exact) mass is 531 g/mol. The van der Waals surface area contributed by atoms with Gasteiger partial charge in [-0.15, -0.1) is 0 Å². The Bertz CT molecular complexity index is 1230. The summed E-state index contributed by atoms with van der Waals surface area (Å²) >= 11 is 0. The minimum absolute atomic E-state index is 0.117. The number of ether oxygens (including phenoxy) is 3. The largest absolute Gasteiger partial charge is 0.508 e. The maximum absolute atomic E-state index is 11.9. The number of carbonyl (C=O) groups excluding carboxylic acids is 1. The van der Waals surface area contributed by atoms with Gasteiger partial charge in [-0.2, -0.15) is 5.10 Å². The van der Waals surface area contributed by atoms with Crippen LogP contribution in [0.3, 0.4) is 0 Å². The van der Waals surface area contributed by atoms with E-state index in [1.54, 1.807) is 0 Å². The van der Waals surface area contributed by atoms with E-state index in [9.17, 15) is 19.6 Å². The Kier molecular flexibility index (Phi) is 8.05. The normalized spacial score (nSPS) is 25.1. The quantitative estimate of drug-likeness (QED) is 0.172. The van der Waals surface area contributed by atoms with Crippen LogP contribution < -0.4 is 5.49 Å². The molecule has 0 unspecified atom stereocenters. The third kappa shape index (κ3) is 6.00. The number of aromatic nitrogens is 3. The first-order chi connectivity index (χ1) is 16.7. The van der Waals surface area contributed by atoms with Gasteiger partial charge in [0.2, 0.25) is 0 Å². The summed E-state index contributed by atoms with van der Waals surface area (Å²) in [5.41, 5.74) is -1.82. The van der Waals surface area contributed by atoms with E-state index in [1.165, 1.54) is 29.9 Å². The molecule has 1 saturated heterocycles. The van der Waals surface area contributed by atoms with Crippen LogP contribution in [0.15, 0.2) is 23.5 Å². The molecule has 3 heterocycles. The van der Waals surface area contributed by atoms with Gasteiger partial charge in [0.1, 0.15) is 43.5 Å². The first-order valence-corrected chi connectivity index (χ1v) is 12.3. The number of rotatable bonds is 8. The molecule has 0 aromatic carbocycles. The van der Waals surface area contributed by atoms with Gasteiger partial charge in [-0.25, -0.2) is 13.9 Å². The Morgan fingerprint density at radius 3 is 2.64 bits per heavy atom. The van der Waals surface area contributed by atoms with Crippen molar-refractivity contribution in [1.29, 1.82) is 5.41 Å². The van der Waals surface area contributed by atoms with E-state index in [-0.39, 0.29) is 28.7 Å². The number of phosphoric acid groups is 1. The Labute approximate surface area is 205 Å². The molecule has 1 fully saturated rings. The van der Waals surface area contributed by atoms with Gasteiger partial charge in [0, 0.05) is 13.3 Å². The summed E-state index contributed by atoms with van der Waals surface area (Å²) in [7, 11) is -3.34. The molecular formula is C20H30N5O10P. The lowest BCUT2D eigenvalue weighted by Crippen LogP contribution is -2.43. The lowest BCUT2D eigenvalue weighted by Gasteiger charge is -2.27. The standard InChI is InChI=1S/C20H30N5O10P/c1-19(2,3)9-33-18(28)32-7-13-15(26)16(27)20(35-13,8-22-4)14-6-5-12-17(21)24(10-23-25(12)14)11-34-36(29,30)31/h5-6,8,10,13,15-16,21,26-27H,7,9,11H2,1-4H3,(H2,29,30,31)/t13-,15-,16-,20+/m1/s1. The van der Waals surface area contributed by atoms with Crippen molar-refractivity contribution in [2.24, 2.45) is 10.4 Å². The second-order valence-electron chi connectivity index (χ2n) is 9.40. The molecule has 0 aliphatic carbocycles. The van der Waals surface area contributed by atoms with E-state index in [1.807, 2.05) is 20.8 Å². The Morgan fingerprint density at radius 2 is 2.03 bits per heavy atom. The van der Waals surface area contributed by atoms with E-state index < -0.39 is 51.2 Å². The summed E-state index contributed by atoms with van der Waals surface area (Å²) in [5.74, 6) is 0. The van der Waals surface area contributed by atoms with Gasteiger partial charge >= 0.3 is 14.0 Å². The number of aliphatic imine (C=N–C) groups is 1. The molecule has 0 saturated carbocycles. The van der Waals surface area contributed by atoms with Gasteiger partial charge in [0.05, 0.1) is 12.3 Å². The van der Waals surface area contributed by atoms with Crippen LogP contribution in [-0.4, -0.2) is 85.1 Å². The van der Waals surface area contributed by atoms with Gasteiger partial charge in [-0.1, -0.05) is 20.8 Å². The molecule has 1 aliphatic rings. The maximum Gasteiger partial charge on any atom is 0.508 e. The number of aliphatic hydroxyl groups excluding tert-OH is 2. The van der Waals surface area contributed by atoms with Crippen molar-refractivity contribution in [3.63, 3.8) is 0 Å². The average Bonchev–Trinajstić information content (AvgIpc) is 3.31. The summed E-state index contributed by atoms with van der Waals surface area (Å²) in [4.78, 5) is 33.7. The third-order valence-electron chi connectivity index (χ3n) is 5.26. The van der Waals surface area contributed by atoms with Gasteiger partial charge in [0.15, 0.2) is 11.1 Å². The van der Waals surface area contributed by atoms with E-state index in [2.05, 4.69) is 14.6 Å². The molecule has 15 nitrogen and oxygen atoms in total. The highest BCUT2D eigenvalue weighted by atomic mass is 31.2. The van der Waals surface area contributed by atoms with Crippen molar-refractivity contribution < 1.29 is 48.1 Å². The Hall–Kier alpha value is -2.65. The van der Waals surface area contributed by atoms with Crippen molar-refractivity contribution >= 4 is 25.7 Å². The van der Waals surface area contributed by atoms with Gasteiger partial charge in [-0.05, 0) is 17.5 Å². The number of phosphoric ester groups is 1. The fourth-order valence-electron chi connectivity index (χ4n) is 3.61. The number of nitrogens with one attached hydrogen (secondary N) is 1. The minimum atomic E-state index is -4.77. The zero-order valence-corrected chi connectivity index (χ0v) is 21.0. The molecule has 5 N–H and O–H groups in total. The fourth-order valence-corrected chi connectivity index (χ4v) is 3.88. The number of aliphatic hydroxyl groups is 2. The van der Waals surface area contributed by atoms with Crippen molar-refractivity contribution in [3.05, 3.63) is 29.6 Å². The van der Waals surface area contributed by atoms with Crippen LogP contribution in [-0.2, 0) is 35.6 Å². The van der Waals surface area contributed by atoms with Crippen molar-refractivity contribution in [1.82, 2.24) is 14.2 Å². The zero-order chi connectivity index (χ0) is 26.9. The molecule has 0 spiro atoms. The van der Waals surface area contributed by atoms with Crippen LogP contribution >= 0.6 is 7.82 Å². The summed E-state index contributed by atoms with van der Waals surface area (Å²) in [6.07, 6.45) is -2.76. The topological polar surface area (TPSA) is 210 Å². The smallest absolute Gasteiger partial charge is 0.434 e. The number of hydrogen-bond acceptors (Lipinski definition) is 11. The van der Waals surface area contributed by atoms with Crippen LogP contribution in [0.5, 0.6) is 0 Å². The number of hydrogen-bond donors (Lipinski definition) is 5. The highest BCUT2D eigenvalue weighted by Crippen LogP contribution is 2.39. The second kappa shape index (κ2) is 10.4. The van der Waals surface area contributed by atoms with E-state index in [4.69, 9.17) is 29.4 Å². The average molecular weight is 531 g/mol. The van der Waals surface area contributed by atoms with E-state index >= 15 is 0 Å². The molecule has 1 aliphatic heterocycles.